The summed E-state index contributed by atoms with van der Waals surface area (Å²) in [6.45, 7) is 5.76. The number of hydrogen-bond donors (Lipinski definition) is 0. The largest absolute Gasteiger partial charge is 0.881 e. The smallest absolute Gasteiger partial charge is 0.588 e. The molecule has 0 saturated heterocycles. The van der Waals surface area contributed by atoms with Gasteiger partial charge in [0.25, 0.3) is 0 Å². The Morgan fingerprint density at radius 3 is 1.07 bits per heavy atom. The first-order valence-electron chi connectivity index (χ1n) is 35.8. The minimum absolute atomic E-state index is 0.433. The van der Waals surface area contributed by atoms with Crippen molar-refractivity contribution in [1.82, 2.24) is 0 Å². The van der Waals surface area contributed by atoms with Crippen molar-refractivity contribution in [3.8, 4) is 51.9 Å². The zero-order valence-electron chi connectivity index (χ0n) is 54.3. The van der Waals surface area contributed by atoms with Crippen LogP contribution >= 0.6 is 45.3 Å². The Bertz CT molecular complexity index is 2740. The highest BCUT2D eigenvalue weighted by molar-refractivity contribution is 7.24. The van der Waals surface area contributed by atoms with Crippen molar-refractivity contribution in [3.63, 3.8) is 0 Å². The number of fused-ring (bicyclic) bond motifs is 4. The van der Waals surface area contributed by atoms with Gasteiger partial charge in [-0.25, -0.2) is 0 Å². The fourth-order valence-corrected chi connectivity index (χ4v) is 18.0. The average Bonchev–Trinajstić information content (AvgIpc) is 1.65. The molecule has 8 rings (SSSR count). The van der Waals surface area contributed by atoms with Crippen molar-refractivity contribution >= 4 is 63.7 Å². The first kappa shape index (κ1) is 68.3. The number of aryl methyl sites for hydroxylation is 4. The van der Waals surface area contributed by atoms with Gasteiger partial charge < -0.3 is 13.6 Å². The summed E-state index contributed by atoms with van der Waals surface area (Å²) in [5, 5.41) is 9.55. The molecule has 6 aromatic rings. The van der Waals surface area contributed by atoms with Crippen LogP contribution in [0.25, 0.3) is 40.4 Å². The van der Waals surface area contributed by atoms with Gasteiger partial charge in [0.1, 0.15) is 11.5 Å². The quantitative estimate of drug-likeness (QED) is 0.0282. The molecule has 472 valence electrons. The van der Waals surface area contributed by atoms with Gasteiger partial charge in [0.05, 0.1) is 0 Å². The third-order valence-corrected chi connectivity index (χ3v) is 23.2. The summed E-state index contributed by atoms with van der Waals surface area (Å²) in [5.74, 6) is 0.914. The molecule has 0 radical (unpaired) electrons. The summed E-state index contributed by atoms with van der Waals surface area (Å²) >= 11 is 7.62. The molecule has 4 aromatic heterocycles. The molecule has 1 atom stereocenters. The maximum atomic E-state index is 17.5. The number of unbranched alkanes of at least 4 members (excludes halogenated alkanes) is 36. The van der Waals surface area contributed by atoms with Crippen LogP contribution in [-0.2, 0) is 25.7 Å². The second-order valence-electron chi connectivity index (χ2n) is 25.8. The fourth-order valence-electron chi connectivity index (χ4n) is 13.2. The van der Waals surface area contributed by atoms with Crippen LogP contribution in [0.5, 0.6) is 11.5 Å². The molecule has 0 saturated carbocycles. The molecule has 2 aromatic carbocycles. The van der Waals surface area contributed by atoms with E-state index in [1.165, 1.54) is 313 Å². The summed E-state index contributed by atoms with van der Waals surface area (Å²) in [6, 6.07) is 22.0. The van der Waals surface area contributed by atoms with E-state index in [2.05, 4.69) is 74.9 Å². The van der Waals surface area contributed by atoms with Crippen LogP contribution in [0.2, 0.25) is 0 Å². The lowest BCUT2D eigenvalue weighted by molar-refractivity contribution is -0.411. The van der Waals surface area contributed by atoms with Crippen molar-refractivity contribution in [3.05, 3.63) is 93.7 Å². The highest BCUT2D eigenvalue weighted by atomic mass is 32.1. The van der Waals surface area contributed by atoms with Crippen LogP contribution in [0, 0.1) is 0 Å². The molecule has 2 aliphatic rings. The van der Waals surface area contributed by atoms with Gasteiger partial charge >= 0.3 is 6.96 Å². The summed E-state index contributed by atoms with van der Waals surface area (Å²) < 4.78 is 31.5. The van der Waals surface area contributed by atoms with Gasteiger partial charge in [0, 0.05) is 35.3 Å². The van der Waals surface area contributed by atoms with Crippen molar-refractivity contribution in [2.24, 2.45) is 5.11 Å². The van der Waals surface area contributed by atoms with E-state index in [9.17, 15) is 0 Å². The minimum Gasteiger partial charge on any atom is -0.588 e. The maximum Gasteiger partial charge on any atom is 0.881 e. The summed E-state index contributed by atoms with van der Waals surface area (Å²) in [4.78, 5) is 8.14. The monoisotopic (exact) mass is 1240 g/mol. The third-order valence-electron chi connectivity index (χ3n) is 18.5. The number of hydrogen-bond acceptors (Lipinski definition) is 7. The van der Waals surface area contributed by atoms with Gasteiger partial charge in [-0.3, -0.25) is 0 Å². The van der Waals surface area contributed by atoms with Crippen LogP contribution in [-0.4, -0.2) is 11.6 Å². The molecular weight excluding hydrogens is 1130 g/mol. The molecule has 1 unspecified atom stereocenters. The van der Waals surface area contributed by atoms with E-state index in [1.807, 2.05) is 69.6 Å². The Morgan fingerprint density at radius 1 is 0.360 bits per heavy atom. The number of benzene rings is 2. The molecule has 0 N–H and O–H groups in total. The molecule has 4 nitrogen and oxygen atoms in total. The van der Waals surface area contributed by atoms with Crippen molar-refractivity contribution in [2.75, 3.05) is 0 Å². The second-order valence-corrected chi connectivity index (χ2v) is 29.8. The Hall–Kier alpha value is -3.57. The van der Waals surface area contributed by atoms with Gasteiger partial charge in [0.15, 0.2) is 5.69 Å². The van der Waals surface area contributed by atoms with Gasteiger partial charge in [0.2, 0.25) is 5.69 Å². The first-order valence-corrected chi connectivity index (χ1v) is 39.2. The predicted molar refractivity (Wildman–Crippen MR) is 378 cm³/mol. The summed E-state index contributed by atoms with van der Waals surface area (Å²) in [5.41, 5.74) is 9.22. The van der Waals surface area contributed by atoms with E-state index in [-0.39, 0.29) is 0 Å². The van der Waals surface area contributed by atoms with E-state index in [1.54, 1.807) is 0 Å². The number of thiophene rings is 4. The zero-order chi connectivity index (χ0) is 59.9. The number of halogens is 1. The molecule has 6 heterocycles. The van der Waals surface area contributed by atoms with E-state index in [0.717, 1.165) is 36.8 Å². The van der Waals surface area contributed by atoms with Gasteiger partial charge in [-0.05, 0) is 149 Å². The Kier molecular flexibility index (Phi) is 30.9. The molecule has 0 aliphatic carbocycles. The lowest BCUT2D eigenvalue weighted by Gasteiger charge is -2.26. The van der Waals surface area contributed by atoms with Crippen LogP contribution in [0.1, 0.15) is 307 Å². The van der Waals surface area contributed by atoms with Gasteiger partial charge in [-0.1, -0.05) is 265 Å². The topological polar surface area (TPSA) is 33.8 Å². The summed E-state index contributed by atoms with van der Waals surface area (Å²) in [6.07, 6.45) is 58.3. The second kappa shape index (κ2) is 38.9. The first-order chi connectivity index (χ1) is 42.4. The van der Waals surface area contributed by atoms with Gasteiger partial charge in [-0.15, -0.1) is 45.3 Å². The molecule has 10 heteroatoms. The molecule has 0 bridgehead atoms. The van der Waals surface area contributed by atoms with Crippen molar-refractivity contribution in [1.29, 1.82) is 0 Å². The average molecular weight is 1240 g/mol. The molecule has 0 spiro atoms. The van der Waals surface area contributed by atoms with Crippen LogP contribution in [0.4, 0.5) is 15.7 Å². The Labute approximate surface area is 539 Å². The molecule has 0 fully saturated rings. The van der Waals surface area contributed by atoms with Crippen LogP contribution in [0.3, 0.4) is 0 Å². The Morgan fingerprint density at radius 2 is 0.686 bits per heavy atom. The number of azo groups is 1. The standard InChI is InChI=1S/C76H112BFN2O2S4/c1-5-9-13-17-21-25-29-33-37-41-45-61-53-55-83-73(61)75-65(47-43-39-35-31-27-23-19-15-11-7-3)59-71(85-75)63-49-51-67-69(57-63)81-77(78)80(79-67)68-52-50-64(58-70(68)82-77)72-60-66(48-44-40-36-32-28-24-20-16-12-8-4)76(86-72)74-62(54-56-84-74)46-42-38-34-30-26-22-18-14-10-6-2/h49-60H,5-48H2,1-4H3. The van der Waals surface area contributed by atoms with Crippen LogP contribution < -0.4 is 9.31 Å². The summed E-state index contributed by atoms with van der Waals surface area (Å²) in [7, 11) is 0. The van der Waals surface area contributed by atoms with E-state index < -0.39 is 6.96 Å². The normalized spacial score (nSPS) is 14.4. The lowest BCUT2D eigenvalue weighted by atomic mass is 9.99. The maximum absolute atomic E-state index is 17.5. The molecule has 86 heavy (non-hydrogen) atoms. The predicted octanol–water partition coefficient (Wildman–Crippen LogP) is 28.1. The fraction of sp³-hybridized carbons (Fsp3) is 0.632. The number of nitrogens with zero attached hydrogens (tertiary/aromatic N) is 2. The van der Waals surface area contributed by atoms with Crippen molar-refractivity contribution in [2.45, 2.75) is 310 Å². The van der Waals surface area contributed by atoms with Crippen molar-refractivity contribution < 1.29 is 18.2 Å². The highest BCUT2D eigenvalue weighted by Crippen LogP contribution is 2.51. The van der Waals surface area contributed by atoms with E-state index in [0.29, 0.717) is 22.9 Å². The molecule has 0 amide bonds. The Balaban J connectivity index is 0.941. The lowest BCUT2D eigenvalue weighted by Crippen LogP contribution is -2.50. The third kappa shape index (κ3) is 21.3. The number of rotatable bonds is 48. The zero-order valence-corrected chi connectivity index (χ0v) is 57.6. The molecule has 2 aliphatic heterocycles. The van der Waals surface area contributed by atoms with E-state index in [4.69, 9.17) is 14.4 Å². The SMILES string of the molecule is CCCCCCCCCCCCc1ccsc1-c1sc(-c2ccc3c(c2)O[B-]2(F)Oc4cc(-c5cc(CCCCCCCCCCCC)c(-c6sccc6CCCCCCCCCCCC)s5)ccc4[N+]2=N3)cc1CCCCCCCCCCCC. The van der Waals surface area contributed by atoms with Gasteiger partial charge in [-0.2, -0.15) is 4.61 Å². The van der Waals surface area contributed by atoms with E-state index >= 15 is 4.32 Å². The molecular formula is C76H112BFN2O2S4. The minimum atomic E-state index is -3.44. The highest BCUT2D eigenvalue weighted by Gasteiger charge is 2.61. The van der Waals surface area contributed by atoms with Crippen LogP contribution in [0.15, 0.2) is 76.5 Å².